The number of aliphatic hydroxyl groups is 1. The second kappa shape index (κ2) is 6.92. The van der Waals surface area contributed by atoms with Gasteiger partial charge < -0.3 is 15.2 Å². The van der Waals surface area contributed by atoms with Crippen molar-refractivity contribution in [1.29, 1.82) is 0 Å². The van der Waals surface area contributed by atoms with Crippen LogP contribution in [0.2, 0.25) is 0 Å². The monoisotopic (exact) mass is 265 g/mol. The molecule has 0 radical (unpaired) electrons. The highest BCUT2D eigenvalue weighted by molar-refractivity contribution is 5.43. The van der Waals surface area contributed by atoms with E-state index in [1.165, 1.54) is 11.1 Å². The molecule has 0 aliphatic rings. The molecule has 2 N–H and O–H groups in total. The Kier molecular flexibility index (Phi) is 5.83. The van der Waals surface area contributed by atoms with Crippen molar-refractivity contribution in [2.45, 2.75) is 39.0 Å². The first-order valence-electron chi connectivity index (χ1n) is 6.92. The molecule has 3 nitrogen and oxygen atoms in total. The number of hydrogen-bond acceptors (Lipinski definition) is 3. The van der Waals surface area contributed by atoms with Crippen LogP contribution in [-0.2, 0) is 5.41 Å². The van der Waals surface area contributed by atoms with Crippen molar-refractivity contribution >= 4 is 0 Å². The van der Waals surface area contributed by atoms with Crippen LogP contribution in [0.15, 0.2) is 18.2 Å². The number of rotatable bonds is 7. The Labute approximate surface area is 117 Å². The first-order chi connectivity index (χ1) is 8.92. The lowest BCUT2D eigenvalue weighted by Gasteiger charge is -2.28. The molecule has 0 saturated carbocycles. The van der Waals surface area contributed by atoms with E-state index in [-0.39, 0.29) is 12.0 Å². The fraction of sp³-hybridized carbons (Fsp3) is 0.625. The third-order valence-electron chi connectivity index (χ3n) is 3.47. The van der Waals surface area contributed by atoms with Gasteiger partial charge in [-0.3, -0.25) is 0 Å². The second-order valence-electron chi connectivity index (χ2n) is 5.90. The van der Waals surface area contributed by atoms with Crippen molar-refractivity contribution in [2.75, 3.05) is 26.8 Å². The van der Waals surface area contributed by atoms with Crippen molar-refractivity contribution in [3.63, 3.8) is 0 Å². The summed E-state index contributed by atoms with van der Waals surface area (Å²) in [5.41, 5.74) is 2.50. The highest BCUT2D eigenvalue weighted by atomic mass is 16.5. The van der Waals surface area contributed by atoms with Gasteiger partial charge >= 0.3 is 0 Å². The zero-order valence-corrected chi connectivity index (χ0v) is 12.8. The fourth-order valence-corrected chi connectivity index (χ4v) is 2.19. The molecule has 108 valence electrons. The molecule has 0 fully saturated rings. The molecule has 1 aromatic carbocycles. The molecule has 0 saturated heterocycles. The molecule has 0 aromatic heterocycles. The first kappa shape index (κ1) is 16.0. The Morgan fingerprint density at radius 2 is 2.00 bits per heavy atom. The summed E-state index contributed by atoms with van der Waals surface area (Å²) in [5.74, 6) is 1.44. The molecule has 19 heavy (non-hydrogen) atoms. The Morgan fingerprint density at radius 1 is 1.32 bits per heavy atom. The lowest BCUT2D eigenvalue weighted by molar-refractivity contribution is 0.286. The van der Waals surface area contributed by atoms with Gasteiger partial charge in [-0.05, 0) is 17.5 Å². The average molecular weight is 265 g/mol. The van der Waals surface area contributed by atoms with E-state index < -0.39 is 0 Å². The summed E-state index contributed by atoms with van der Waals surface area (Å²) < 4.78 is 5.50. The van der Waals surface area contributed by atoms with E-state index >= 15 is 0 Å². The van der Waals surface area contributed by atoms with E-state index in [2.05, 4.69) is 51.2 Å². The van der Waals surface area contributed by atoms with Gasteiger partial charge in [-0.25, -0.2) is 0 Å². The fourth-order valence-electron chi connectivity index (χ4n) is 2.19. The van der Waals surface area contributed by atoms with Crippen LogP contribution in [0, 0.1) is 0 Å². The van der Waals surface area contributed by atoms with Crippen LogP contribution in [0.25, 0.3) is 0 Å². The SMILES string of the molecule is COc1ccc(C(C)C)cc1C(C)(C)CNCCO. The molecule has 0 unspecified atom stereocenters. The van der Waals surface area contributed by atoms with E-state index in [0.29, 0.717) is 12.5 Å². The number of nitrogens with one attached hydrogen (secondary N) is 1. The summed E-state index contributed by atoms with van der Waals surface area (Å²) >= 11 is 0. The zero-order chi connectivity index (χ0) is 14.5. The van der Waals surface area contributed by atoms with Gasteiger partial charge in [0.15, 0.2) is 0 Å². The van der Waals surface area contributed by atoms with E-state index in [1.807, 2.05) is 0 Å². The van der Waals surface area contributed by atoms with Crippen molar-refractivity contribution in [3.05, 3.63) is 29.3 Å². The number of aliphatic hydroxyl groups excluding tert-OH is 1. The topological polar surface area (TPSA) is 41.5 Å². The molecule has 0 aliphatic heterocycles. The minimum Gasteiger partial charge on any atom is -0.496 e. The number of benzene rings is 1. The number of methoxy groups -OCH3 is 1. The summed E-state index contributed by atoms with van der Waals surface area (Å²) in [6, 6.07) is 6.42. The molecule has 1 rings (SSSR count). The summed E-state index contributed by atoms with van der Waals surface area (Å²) in [5, 5.41) is 12.1. The summed E-state index contributed by atoms with van der Waals surface area (Å²) in [6.45, 7) is 10.4. The molecule has 3 heteroatoms. The van der Waals surface area contributed by atoms with Crippen molar-refractivity contribution < 1.29 is 9.84 Å². The molecular weight excluding hydrogens is 238 g/mol. The van der Waals surface area contributed by atoms with Gasteiger partial charge in [0.05, 0.1) is 13.7 Å². The quantitative estimate of drug-likeness (QED) is 0.745. The minimum atomic E-state index is -0.0363. The highest BCUT2D eigenvalue weighted by Crippen LogP contribution is 2.33. The smallest absolute Gasteiger partial charge is 0.122 e. The second-order valence-corrected chi connectivity index (χ2v) is 5.90. The summed E-state index contributed by atoms with van der Waals surface area (Å²) in [6.07, 6.45) is 0. The van der Waals surface area contributed by atoms with Gasteiger partial charge in [0, 0.05) is 24.1 Å². The third-order valence-corrected chi connectivity index (χ3v) is 3.47. The lowest BCUT2D eigenvalue weighted by atomic mass is 9.82. The molecule has 1 aromatic rings. The van der Waals surface area contributed by atoms with Crippen molar-refractivity contribution in [2.24, 2.45) is 0 Å². The van der Waals surface area contributed by atoms with Crippen LogP contribution < -0.4 is 10.1 Å². The maximum absolute atomic E-state index is 8.86. The third kappa shape index (κ3) is 4.22. The highest BCUT2D eigenvalue weighted by Gasteiger charge is 2.24. The van der Waals surface area contributed by atoms with E-state index in [9.17, 15) is 0 Å². The van der Waals surface area contributed by atoms with Crippen LogP contribution in [-0.4, -0.2) is 31.9 Å². The molecule has 0 aliphatic carbocycles. The van der Waals surface area contributed by atoms with E-state index in [4.69, 9.17) is 9.84 Å². The van der Waals surface area contributed by atoms with Crippen molar-refractivity contribution in [3.8, 4) is 5.75 Å². The first-order valence-corrected chi connectivity index (χ1v) is 6.92. The molecule has 0 amide bonds. The molecule has 0 atom stereocenters. The Balaban J connectivity index is 3.03. The van der Waals surface area contributed by atoms with Gasteiger partial charge in [-0.2, -0.15) is 0 Å². The van der Waals surface area contributed by atoms with Crippen molar-refractivity contribution in [1.82, 2.24) is 5.32 Å². The average Bonchev–Trinajstić information content (AvgIpc) is 2.38. The maximum Gasteiger partial charge on any atom is 0.122 e. The van der Waals surface area contributed by atoms with Crippen LogP contribution in [0.1, 0.15) is 44.7 Å². The van der Waals surface area contributed by atoms with Crippen LogP contribution in [0.3, 0.4) is 0 Å². The van der Waals surface area contributed by atoms with Crippen LogP contribution >= 0.6 is 0 Å². The molecule has 0 spiro atoms. The van der Waals surface area contributed by atoms with Gasteiger partial charge in [0.1, 0.15) is 5.75 Å². The molecular formula is C16H27NO2. The standard InChI is InChI=1S/C16H27NO2/c1-12(2)13-6-7-15(19-5)14(10-13)16(3,4)11-17-8-9-18/h6-7,10,12,17-18H,8-9,11H2,1-5H3. The lowest BCUT2D eigenvalue weighted by Crippen LogP contribution is -2.34. The predicted molar refractivity (Wildman–Crippen MR) is 80.1 cm³/mol. The van der Waals surface area contributed by atoms with E-state index in [0.717, 1.165) is 12.3 Å². The number of ether oxygens (including phenoxy) is 1. The maximum atomic E-state index is 8.86. The van der Waals surface area contributed by atoms with Gasteiger partial charge in [-0.1, -0.05) is 39.8 Å². The van der Waals surface area contributed by atoms with Gasteiger partial charge in [0.25, 0.3) is 0 Å². The Bertz CT molecular complexity index is 400. The minimum absolute atomic E-state index is 0.0363. The van der Waals surface area contributed by atoms with Gasteiger partial charge in [0.2, 0.25) is 0 Å². The Morgan fingerprint density at radius 3 is 2.53 bits per heavy atom. The van der Waals surface area contributed by atoms with Crippen LogP contribution in [0.4, 0.5) is 0 Å². The van der Waals surface area contributed by atoms with E-state index in [1.54, 1.807) is 7.11 Å². The normalized spacial score (nSPS) is 11.9. The zero-order valence-electron chi connectivity index (χ0n) is 12.8. The number of hydrogen-bond donors (Lipinski definition) is 2. The van der Waals surface area contributed by atoms with Gasteiger partial charge in [-0.15, -0.1) is 0 Å². The molecule has 0 bridgehead atoms. The van der Waals surface area contributed by atoms with Crippen LogP contribution in [0.5, 0.6) is 5.75 Å². The summed E-state index contributed by atoms with van der Waals surface area (Å²) in [7, 11) is 1.71. The molecule has 0 heterocycles. The Hall–Kier alpha value is -1.06. The summed E-state index contributed by atoms with van der Waals surface area (Å²) in [4.78, 5) is 0. The largest absolute Gasteiger partial charge is 0.496 e. The predicted octanol–water partition coefficient (Wildman–Crippen LogP) is 2.68.